The molecule has 0 N–H and O–H groups in total. The fraction of sp³-hybridized carbons (Fsp3) is 0.0625. The lowest BCUT2D eigenvalue weighted by molar-refractivity contribution is -0.126. The molecule has 20 heavy (non-hydrogen) atoms. The van der Waals surface area contributed by atoms with Crippen molar-refractivity contribution < 1.29 is 14.3 Å². The number of carbonyl (C=O) groups is 1. The van der Waals surface area contributed by atoms with Gasteiger partial charge < -0.3 is 9.47 Å². The molecular weight excluding hydrogens is 276 g/mol. The van der Waals surface area contributed by atoms with Gasteiger partial charge in [-0.1, -0.05) is 23.7 Å². The van der Waals surface area contributed by atoms with Gasteiger partial charge in [0.25, 0.3) is 0 Å². The van der Waals surface area contributed by atoms with E-state index in [1.807, 2.05) is 12.1 Å². The average Bonchev–Trinajstić information content (AvgIpc) is 2.77. The van der Waals surface area contributed by atoms with Gasteiger partial charge in [-0.3, -0.25) is 0 Å². The molecule has 0 bridgehead atoms. The van der Waals surface area contributed by atoms with Gasteiger partial charge in [-0.2, -0.15) is 0 Å². The summed E-state index contributed by atoms with van der Waals surface area (Å²) in [5, 5.41) is 0.656. The predicted molar refractivity (Wildman–Crippen MR) is 78.0 cm³/mol. The molecule has 2 aromatic carbocycles. The number of methoxy groups -OCH3 is 1. The van der Waals surface area contributed by atoms with Gasteiger partial charge in [0.05, 0.1) is 12.7 Å². The van der Waals surface area contributed by atoms with E-state index in [-0.39, 0.29) is 5.97 Å². The fourth-order valence-electron chi connectivity index (χ4n) is 2.06. The van der Waals surface area contributed by atoms with Crippen molar-refractivity contribution in [1.29, 1.82) is 0 Å². The summed E-state index contributed by atoms with van der Waals surface area (Å²) in [7, 11) is 1.59. The maximum absolute atomic E-state index is 11.9. The second-order valence-electron chi connectivity index (χ2n) is 4.36. The molecule has 0 unspecified atom stereocenters. The Morgan fingerprint density at radius 1 is 1.15 bits per heavy atom. The molecule has 3 rings (SSSR count). The highest BCUT2D eigenvalue weighted by molar-refractivity contribution is 6.30. The molecule has 0 amide bonds. The van der Waals surface area contributed by atoms with Gasteiger partial charge in [-0.05, 0) is 42.0 Å². The Labute approximate surface area is 121 Å². The zero-order valence-corrected chi connectivity index (χ0v) is 11.5. The van der Waals surface area contributed by atoms with Gasteiger partial charge >= 0.3 is 5.97 Å². The molecule has 0 spiro atoms. The van der Waals surface area contributed by atoms with Gasteiger partial charge in [0.1, 0.15) is 11.5 Å². The third kappa shape index (κ3) is 2.28. The van der Waals surface area contributed by atoms with Gasteiger partial charge in [0.15, 0.2) is 0 Å². The van der Waals surface area contributed by atoms with Crippen molar-refractivity contribution in [1.82, 2.24) is 0 Å². The molecular formula is C16H11ClO3. The van der Waals surface area contributed by atoms with Crippen LogP contribution in [0.2, 0.25) is 5.02 Å². The number of carbonyl (C=O) groups excluding carboxylic acids is 1. The molecule has 0 aliphatic carbocycles. The molecule has 0 aromatic heterocycles. The Morgan fingerprint density at radius 3 is 2.60 bits per heavy atom. The smallest absolute Gasteiger partial charge is 0.344 e. The first kappa shape index (κ1) is 12.8. The number of fused-ring (bicyclic) bond motifs is 1. The van der Waals surface area contributed by atoms with Gasteiger partial charge in [-0.15, -0.1) is 0 Å². The van der Waals surface area contributed by atoms with Crippen LogP contribution in [0, 0.1) is 0 Å². The number of halogens is 1. The first-order valence-electron chi connectivity index (χ1n) is 6.05. The molecule has 2 aromatic rings. The first-order valence-corrected chi connectivity index (χ1v) is 6.43. The lowest BCUT2D eigenvalue weighted by atomic mass is 10.0. The highest BCUT2D eigenvalue weighted by atomic mass is 35.5. The average molecular weight is 287 g/mol. The zero-order chi connectivity index (χ0) is 14.1. The first-order chi connectivity index (χ1) is 9.67. The van der Waals surface area contributed by atoms with Crippen molar-refractivity contribution in [3.8, 4) is 11.5 Å². The van der Waals surface area contributed by atoms with Gasteiger partial charge in [-0.25, -0.2) is 4.79 Å². The van der Waals surface area contributed by atoms with Crippen LogP contribution in [0.15, 0.2) is 42.5 Å². The number of benzene rings is 2. The Bertz CT molecular complexity index is 702. The van der Waals surface area contributed by atoms with E-state index >= 15 is 0 Å². The minimum absolute atomic E-state index is 0.358. The van der Waals surface area contributed by atoms with Crippen molar-refractivity contribution in [3.05, 3.63) is 58.6 Å². The van der Waals surface area contributed by atoms with Crippen LogP contribution < -0.4 is 9.47 Å². The Morgan fingerprint density at radius 2 is 1.90 bits per heavy atom. The van der Waals surface area contributed by atoms with Crippen molar-refractivity contribution in [3.63, 3.8) is 0 Å². The van der Waals surface area contributed by atoms with E-state index < -0.39 is 0 Å². The summed E-state index contributed by atoms with van der Waals surface area (Å²) in [5.74, 6) is 0.878. The number of ether oxygens (including phenoxy) is 2. The summed E-state index contributed by atoms with van der Waals surface area (Å²) in [6, 6.07) is 12.5. The largest absolute Gasteiger partial charge is 0.497 e. The maximum atomic E-state index is 11.9. The van der Waals surface area contributed by atoms with Crippen LogP contribution in [0.4, 0.5) is 0 Å². The normalized spacial score (nSPS) is 15.1. The van der Waals surface area contributed by atoms with Crippen LogP contribution in [0.1, 0.15) is 11.1 Å². The number of hydrogen-bond acceptors (Lipinski definition) is 3. The molecule has 0 radical (unpaired) electrons. The standard InChI is InChI=1S/C16H11ClO3/c1-19-12-6-7-15-13(9-12)14(16(18)20-15)8-10-2-4-11(17)5-3-10/h2-9H,1H3/b14-8-. The van der Waals surface area contributed by atoms with Crippen LogP contribution in [-0.4, -0.2) is 13.1 Å². The summed E-state index contributed by atoms with van der Waals surface area (Å²) in [5.41, 5.74) is 2.14. The Kier molecular flexibility index (Phi) is 3.20. The second kappa shape index (κ2) is 5.02. The fourth-order valence-corrected chi connectivity index (χ4v) is 2.19. The van der Waals surface area contributed by atoms with E-state index in [4.69, 9.17) is 21.1 Å². The molecule has 1 heterocycles. The second-order valence-corrected chi connectivity index (χ2v) is 4.80. The Balaban J connectivity index is 2.06. The minimum atomic E-state index is -0.358. The van der Waals surface area contributed by atoms with Crippen LogP contribution in [0.3, 0.4) is 0 Å². The van der Waals surface area contributed by atoms with Crippen molar-refractivity contribution in [2.45, 2.75) is 0 Å². The molecule has 1 aliphatic rings. The summed E-state index contributed by atoms with van der Waals surface area (Å²) in [6.45, 7) is 0. The topological polar surface area (TPSA) is 35.5 Å². The third-order valence-electron chi connectivity index (χ3n) is 3.08. The highest BCUT2D eigenvalue weighted by Gasteiger charge is 2.27. The molecule has 4 heteroatoms. The molecule has 0 atom stereocenters. The van der Waals surface area contributed by atoms with E-state index in [0.717, 1.165) is 11.1 Å². The number of hydrogen-bond donors (Lipinski definition) is 0. The van der Waals surface area contributed by atoms with Crippen LogP contribution in [-0.2, 0) is 4.79 Å². The van der Waals surface area contributed by atoms with Crippen molar-refractivity contribution in [2.24, 2.45) is 0 Å². The monoisotopic (exact) mass is 286 g/mol. The summed E-state index contributed by atoms with van der Waals surface area (Å²) < 4.78 is 10.4. The van der Waals surface area contributed by atoms with Crippen molar-refractivity contribution in [2.75, 3.05) is 7.11 Å². The lowest BCUT2D eigenvalue weighted by Crippen LogP contribution is -2.00. The van der Waals surface area contributed by atoms with Gasteiger partial charge in [0, 0.05) is 10.6 Å². The number of rotatable bonds is 2. The van der Waals surface area contributed by atoms with Crippen LogP contribution in [0.25, 0.3) is 11.6 Å². The van der Waals surface area contributed by atoms with E-state index in [1.54, 1.807) is 43.5 Å². The molecule has 0 saturated carbocycles. The number of esters is 1. The van der Waals surface area contributed by atoms with Gasteiger partial charge in [0.2, 0.25) is 0 Å². The summed E-state index contributed by atoms with van der Waals surface area (Å²) in [4.78, 5) is 11.9. The van der Waals surface area contributed by atoms with Crippen molar-refractivity contribution >= 4 is 29.2 Å². The summed E-state index contributed by atoms with van der Waals surface area (Å²) in [6.07, 6.45) is 1.78. The van der Waals surface area contributed by atoms with E-state index in [2.05, 4.69) is 0 Å². The molecule has 3 nitrogen and oxygen atoms in total. The molecule has 0 fully saturated rings. The third-order valence-corrected chi connectivity index (χ3v) is 3.33. The minimum Gasteiger partial charge on any atom is -0.497 e. The van der Waals surface area contributed by atoms with E-state index in [1.165, 1.54) is 0 Å². The van der Waals surface area contributed by atoms with Crippen LogP contribution in [0.5, 0.6) is 11.5 Å². The Hall–Kier alpha value is -2.26. The predicted octanol–water partition coefficient (Wildman–Crippen LogP) is 3.81. The SMILES string of the molecule is COc1ccc2c(c1)/C(=C/c1ccc(Cl)cc1)C(=O)O2. The highest BCUT2D eigenvalue weighted by Crippen LogP contribution is 2.37. The molecule has 1 aliphatic heterocycles. The zero-order valence-electron chi connectivity index (χ0n) is 10.7. The van der Waals surface area contributed by atoms with E-state index in [0.29, 0.717) is 22.1 Å². The quantitative estimate of drug-likeness (QED) is 0.478. The molecule has 0 saturated heterocycles. The lowest BCUT2D eigenvalue weighted by Gasteiger charge is -2.01. The maximum Gasteiger partial charge on any atom is 0.344 e. The van der Waals surface area contributed by atoms with E-state index in [9.17, 15) is 4.79 Å². The molecule has 100 valence electrons. The summed E-state index contributed by atoms with van der Waals surface area (Å²) >= 11 is 5.85. The van der Waals surface area contributed by atoms with Crippen LogP contribution >= 0.6 is 11.6 Å².